The van der Waals surface area contributed by atoms with Crippen LogP contribution in [0.3, 0.4) is 0 Å². The van der Waals surface area contributed by atoms with Gasteiger partial charge in [0.25, 0.3) is 0 Å². The minimum Gasteiger partial charge on any atom is -0.331 e. The molecule has 0 atom stereocenters. The van der Waals surface area contributed by atoms with E-state index < -0.39 is 0 Å². The summed E-state index contributed by atoms with van der Waals surface area (Å²) in [6.07, 6.45) is 7.96. The summed E-state index contributed by atoms with van der Waals surface area (Å²) in [5.41, 5.74) is 0. The predicted molar refractivity (Wildman–Crippen MR) is 56.0 cm³/mol. The van der Waals surface area contributed by atoms with E-state index in [2.05, 4.69) is 28.1 Å². The highest BCUT2D eigenvalue weighted by molar-refractivity contribution is 4.45. The fourth-order valence-corrected chi connectivity index (χ4v) is 1.29. The molecule has 0 aromatic heterocycles. The lowest BCUT2D eigenvalue weighted by atomic mass is 10.1. The first-order valence-electron chi connectivity index (χ1n) is 5.16. The molecule has 0 rings (SSSR count). The number of hydrogen-bond donors (Lipinski definition) is 0. The van der Waals surface area contributed by atoms with E-state index in [4.69, 9.17) is 0 Å². The summed E-state index contributed by atoms with van der Waals surface area (Å²) in [5.74, 6) is 0. The first kappa shape index (κ1) is 12.0. The summed E-state index contributed by atoms with van der Waals surface area (Å²) in [6.45, 7) is 5.15. The van der Waals surface area contributed by atoms with E-state index in [-0.39, 0.29) is 0 Å². The summed E-state index contributed by atoms with van der Waals surface area (Å²) in [6, 6.07) is 0. The third kappa shape index (κ3) is 9.96. The van der Waals surface area contributed by atoms with E-state index in [1.165, 1.54) is 38.6 Å². The molecule has 12 heavy (non-hydrogen) atoms. The zero-order valence-electron chi connectivity index (χ0n) is 9.10. The Balaban J connectivity index is 3.01. The summed E-state index contributed by atoms with van der Waals surface area (Å²) in [5, 5.41) is 0. The van der Waals surface area contributed by atoms with Crippen LogP contribution in [0, 0.1) is 6.92 Å². The van der Waals surface area contributed by atoms with Crippen LogP contribution in [0.1, 0.15) is 38.5 Å². The summed E-state index contributed by atoms with van der Waals surface area (Å²) < 4.78 is 1.11. The summed E-state index contributed by atoms with van der Waals surface area (Å²) in [7, 11) is 6.78. The maximum atomic E-state index is 3.84. The van der Waals surface area contributed by atoms with Gasteiger partial charge < -0.3 is 4.48 Å². The van der Waals surface area contributed by atoms with Crippen LogP contribution in [-0.4, -0.2) is 32.2 Å². The first-order chi connectivity index (χ1) is 5.56. The molecule has 0 aliphatic rings. The number of unbranched alkanes of at least 4 members (excludes halogenated alkanes) is 5. The minimum atomic E-state index is 1.11. The first-order valence-corrected chi connectivity index (χ1v) is 5.16. The van der Waals surface area contributed by atoms with Crippen molar-refractivity contribution in [2.24, 2.45) is 0 Å². The fourth-order valence-electron chi connectivity index (χ4n) is 1.29. The molecular formula is C11H25N+. The van der Waals surface area contributed by atoms with E-state index in [9.17, 15) is 0 Å². The van der Waals surface area contributed by atoms with Gasteiger partial charge in [-0.3, -0.25) is 0 Å². The molecule has 1 heteroatoms. The molecule has 1 radical (unpaired) electrons. The van der Waals surface area contributed by atoms with E-state index in [0.717, 1.165) is 10.9 Å². The number of hydrogen-bond acceptors (Lipinski definition) is 0. The highest BCUT2D eigenvalue weighted by atomic mass is 15.3. The maximum Gasteiger partial charge on any atom is 0.0780 e. The number of quaternary nitrogens is 1. The van der Waals surface area contributed by atoms with Crippen molar-refractivity contribution in [1.82, 2.24) is 0 Å². The summed E-state index contributed by atoms with van der Waals surface area (Å²) in [4.78, 5) is 0. The minimum absolute atomic E-state index is 1.11. The monoisotopic (exact) mass is 171 g/mol. The highest BCUT2D eigenvalue weighted by Gasteiger charge is 2.04. The molecule has 73 valence electrons. The molecule has 1 nitrogen and oxygen atoms in total. The third-order valence-corrected chi connectivity index (χ3v) is 2.08. The molecule has 0 aliphatic heterocycles. The average Bonchev–Trinajstić information content (AvgIpc) is 1.94. The molecule has 0 saturated heterocycles. The Morgan fingerprint density at radius 3 is 1.83 bits per heavy atom. The Labute approximate surface area is 78.4 Å². The van der Waals surface area contributed by atoms with Crippen LogP contribution >= 0.6 is 0 Å². The SMILES string of the molecule is [CH2]CCCCCCC[N+](C)(C)C. The van der Waals surface area contributed by atoms with Gasteiger partial charge in [-0.1, -0.05) is 32.6 Å². The van der Waals surface area contributed by atoms with Gasteiger partial charge in [0.2, 0.25) is 0 Å². The Morgan fingerprint density at radius 2 is 1.33 bits per heavy atom. The molecule has 0 aliphatic carbocycles. The van der Waals surface area contributed by atoms with Crippen LogP contribution < -0.4 is 0 Å². The second-order valence-corrected chi connectivity index (χ2v) is 4.64. The topological polar surface area (TPSA) is 0 Å². The normalized spacial score (nSPS) is 12.0. The molecule has 0 unspecified atom stereocenters. The van der Waals surface area contributed by atoms with Gasteiger partial charge in [-0.2, -0.15) is 0 Å². The molecule has 0 saturated carbocycles. The van der Waals surface area contributed by atoms with Crippen LogP contribution in [0.25, 0.3) is 0 Å². The lowest BCUT2D eigenvalue weighted by Gasteiger charge is -2.23. The van der Waals surface area contributed by atoms with Crippen LogP contribution in [0.15, 0.2) is 0 Å². The van der Waals surface area contributed by atoms with Crippen molar-refractivity contribution in [1.29, 1.82) is 0 Å². The largest absolute Gasteiger partial charge is 0.331 e. The Bertz CT molecular complexity index is 91.7. The quantitative estimate of drug-likeness (QED) is 0.408. The van der Waals surface area contributed by atoms with Gasteiger partial charge >= 0.3 is 0 Å². The van der Waals surface area contributed by atoms with Gasteiger partial charge in [0, 0.05) is 0 Å². The third-order valence-electron chi connectivity index (χ3n) is 2.08. The standard InChI is InChI=1S/C11H25N/c1-5-6-7-8-9-10-11-12(2,3)4/h1,5-11H2,2-4H3/q+1. The maximum absolute atomic E-state index is 3.84. The van der Waals surface area contributed by atoms with Crippen LogP contribution in [0.2, 0.25) is 0 Å². The van der Waals surface area contributed by atoms with Gasteiger partial charge in [-0.05, 0) is 12.8 Å². The van der Waals surface area contributed by atoms with Crippen molar-refractivity contribution < 1.29 is 4.48 Å². The smallest absolute Gasteiger partial charge is 0.0780 e. The van der Waals surface area contributed by atoms with E-state index in [1.54, 1.807) is 0 Å². The second kappa shape index (κ2) is 6.47. The molecule has 0 bridgehead atoms. The zero-order chi connectivity index (χ0) is 9.45. The van der Waals surface area contributed by atoms with Gasteiger partial charge in [0.15, 0.2) is 0 Å². The molecule has 0 spiro atoms. The average molecular weight is 171 g/mol. The molecule has 0 N–H and O–H groups in total. The Kier molecular flexibility index (Phi) is 6.45. The van der Waals surface area contributed by atoms with Gasteiger partial charge in [-0.25, -0.2) is 0 Å². The number of rotatable bonds is 7. The van der Waals surface area contributed by atoms with Crippen molar-refractivity contribution in [2.75, 3.05) is 27.7 Å². The van der Waals surface area contributed by atoms with Crippen LogP contribution in [0.5, 0.6) is 0 Å². The molecular weight excluding hydrogens is 146 g/mol. The van der Waals surface area contributed by atoms with Crippen molar-refractivity contribution in [3.63, 3.8) is 0 Å². The van der Waals surface area contributed by atoms with Crippen molar-refractivity contribution in [2.45, 2.75) is 38.5 Å². The van der Waals surface area contributed by atoms with Gasteiger partial charge in [-0.15, -0.1) is 0 Å². The van der Waals surface area contributed by atoms with Crippen molar-refractivity contribution in [3.05, 3.63) is 6.92 Å². The summed E-state index contributed by atoms with van der Waals surface area (Å²) >= 11 is 0. The van der Waals surface area contributed by atoms with E-state index >= 15 is 0 Å². The van der Waals surface area contributed by atoms with Crippen molar-refractivity contribution >= 4 is 0 Å². The lowest BCUT2D eigenvalue weighted by Crippen LogP contribution is -2.35. The number of nitrogens with zero attached hydrogens (tertiary/aromatic N) is 1. The van der Waals surface area contributed by atoms with Crippen LogP contribution in [-0.2, 0) is 0 Å². The van der Waals surface area contributed by atoms with E-state index in [1.807, 2.05) is 0 Å². The van der Waals surface area contributed by atoms with Crippen LogP contribution in [0.4, 0.5) is 0 Å². The fraction of sp³-hybridized carbons (Fsp3) is 0.909. The molecule has 0 fully saturated rings. The second-order valence-electron chi connectivity index (χ2n) is 4.64. The lowest BCUT2D eigenvalue weighted by molar-refractivity contribution is -0.870. The highest BCUT2D eigenvalue weighted by Crippen LogP contribution is 2.06. The molecule has 0 aromatic carbocycles. The van der Waals surface area contributed by atoms with Gasteiger partial charge in [0.05, 0.1) is 27.7 Å². The zero-order valence-corrected chi connectivity index (χ0v) is 9.10. The van der Waals surface area contributed by atoms with E-state index in [0.29, 0.717) is 0 Å². The molecule has 0 heterocycles. The molecule has 0 amide bonds. The Hall–Kier alpha value is -0.0400. The molecule has 0 aromatic rings. The van der Waals surface area contributed by atoms with Crippen molar-refractivity contribution in [3.8, 4) is 0 Å². The Morgan fingerprint density at radius 1 is 0.833 bits per heavy atom. The predicted octanol–water partition coefficient (Wildman–Crippen LogP) is 2.87. The van der Waals surface area contributed by atoms with Gasteiger partial charge in [0.1, 0.15) is 0 Å².